The summed E-state index contributed by atoms with van der Waals surface area (Å²) in [4.78, 5) is 11.8. The standard InChI is InChI=1S/C19H16FN3O3S/c20-14-8-4-5-9-15(14)26-12-17-21-22-19(27-16-10-11-25-18(16)24)23(17)13-6-2-1-3-7-13/h1-9,16H,10-12H2/t16-/m0/s1. The quantitative estimate of drug-likeness (QED) is 0.606. The van der Waals surface area contributed by atoms with Gasteiger partial charge in [0.05, 0.1) is 6.61 Å². The van der Waals surface area contributed by atoms with Crippen molar-refractivity contribution >= 4 is 17.7 Å². The van der Waals surface area contributed by atoms with Crippen molar-refractivity contribution < 1.29 is 18.7 Å². The van der Waals surface area contributed by atoms with Gasteiger partial charge in [0.2, 0.25) is 0 Å². The maximum Gasteiger partial charge on any atom is 0.319 e. The monoisotopic (exact) mass is 385 g/mol. The SMILES string of the molecule is O=C1OCC[C@@H]1Sc1nnc(COc2ccccc2F)n1-c1ccccc1. The summed E-state index contributed by atoms with van der Waals surface area (Å²) in [5.41, 5.74) is 0.837. The fraction of sp³-hybridized carbons (Fsp3) is 0.211. The normalized spacial score (nSPS) is 16.3. The number of rotatable bonds is 6. The third-order valence-corrected chi connectivity index (χ3v) is 5.23. The van der Waals surface area contributed by atoms with Crippen LogP contribution >= 0.6 is 11.8 Å². The number of nitrogens with zero attached hydrogens (tertiary/aromatic N) is 3. The third-order valence-electron chi connectivity index (χ3n) is 4.04. The Hall–Kier alpha value is -2.87. The molecular formula is C19H16FN3O3S. The molecule has 0 radical (unpaired) electrons. The summed E-state index contributed by atoms with van der Waals surface area (Å²) in [5.74, 6) is -0.0228. The number of para-hydroxylation sites is 2. The van der Waals surface area contributed by atoms with Crippen molar-refractivity contribution in [2.24, 2.45) is 0 Å². The fourth-order valence-electron chi connectivity index (χ4n) is 2.72. The first-order valence-corrected chi connectivity index (χ1v) is 9.30. The lowest BCUT2D eigenvalue weighted by molar-refractivity contribution is -0.137. The molecule has 0 saturated carbocycles. The first kappa shape index (κ1) is 17.5. The molecule has 0 bridgehead atoms. The minimum Gasteiger partial charge on any atom is -0.483 e. The van der Waals surface area contributed by atoms with Crippen LogP contribution in [0.1, 0.15) is 12.2 Å². The minimum atomic E-state index is -0.438. The zero-order valence-electron chi connectivity index (χ0n) is 14.2. The number of hydrogen-bond donors (Lipinski definition) is 0. The highest BCUT2D eigenvalue weighted by Gasteiger charge is 2.30. The second kappa shape index (κ2) is 7.79. The molecule has 3 aromatic rings. The highest BCUT2D eigenvalue weighted by atomic mass is 32.2. The van der Waals surface area contributed by atoms with Crippen molar-refractivity contribution in [3.8, 4) is 11.4 Å². The van der Waals surface area contributed by atoms with Crippen LogP contribution in [0.25, 0.3) is 5.69 Å². The average Bonchev–Trinajstić information content (AvgIpc) is 3.28. The molecule has 1 aromatic heterocycles. The molecule has 8 heteroatoms. The molecule has 1 atom stereocenters. The molecule has 0 N–H and O–H groups in total. The van der Waals surface area contributed by atoms with Gasteiger partial charge in [-0.15, -0.1) is 10.2 Å². The van der Waals surface area contributed by atoms with E-state index < -0.39 is 5.82 Å². The van der Waals surface area contributed by atoms with Gasteiger partial charge in [0, 0.05) is 12.1 Å². The Morgan fingerprint density at radius 3 is 2.67 bits per heavy atom. The van der Waals surface area contributed by atoms with Gasteiger partial charge in [0.15, 0.2) is 22.5 Å². The Kier molecular flexibility index (Phi) is 5.06. The number of carbonyl (C=O) groups excluding carboxylic acids is 1. The van der Waals surface area contributed by atoms with Gasteiger partial charge in [0.1, 0.15) is 11.9 Å². The Morgan fingerprint density at radius 2 is 1.93 bits per heavy atom. The van der Waals surface area contributed by atoms with E-state index in [0.29, 0.717) is 24.0 Å². The van der Waals surface area contributed by atoms with Gasteiger partial charge in [-0.05, 0) is 24.3 Å². The molecule has 2 heterocycles. The molecule has 0 aliphatic carbocycles. The zero-order chi connectivity index (χ0) is 18.6. The first-order chi connectivity index (χ1) is 13.2. The van der Waals surface area contributed by atoms with Crippen LogP contribution in [0.4, 0.5) is 4.39 Å². The summed E-state index contributed by atoms with van der Waals surface area (Å²) < 4.78 is 26.2. The molecule has 6 nitrogen and oxygen atoms in total. The number of thioether (sulfide) groups is 1. The van der Waals surface area contributed by atoms with E-state index in [0.717, 1.165) is 5.69 Å². The number of aromatic nitrogens is 3. The third kappa shape index (κ3) is 3.80. The smallest absolute Gasteiger partial charge is 0.319 e. The van der Waals surface area contributed by atoms with Gasteiger partial charge < -0.3 is 9.47 Å². The zero-order valence-corrected chi connectivity index (χ0v) is 15.1. The van der Waals surface area contributed by atoms with Crippen molar-refractivity contribution in [3.05, 3.63) is 66.2 Å². The van der Waals surface area contributed by atoms with E-state index >= 15 is 0 Å². The molecule has 1 saturated heterocycles. The summed E-state index contributed by atoms with van der Waals surface area (Å²) in [5, 5.41) is 8.67. The maximum absolute atomic E-state index is 13.8. The molecule has 2 aromatic carbocycles. The van der Waals surface area contributed by atoms with Crippen LogP contribution in [0, 0.1) is 5.82 Å². The Bertz CT molecular complexity index is 948. The minimum absolute atomic E-state index is 0.0402. The van der Waals surface area contributed by atoms with Crippen LogP contribution in [0.2, 0.25) is 0 Å². The predicted molar refractivity (Wildman–Crippen MR) is 97.3 cm³/mol. The number of benzene rings is 2. The lowest BCUT2D eigenvalue weighted by Gasteiger charge is -2.12. The molecule has 4 rings (SSSR count). The lowest BCUT2D eigenvalue weighted by Crippen LogP contribution is -2.12. The number of cyclic esters (lactones) is 1. The van der Waals surface area contributed by atoms with Crippen LogP contribution in [0.5, 0.6) is 5.75 Å². The molecule has 0 unspecified atom stereocenters. The Balaban J connectivity index is 1.63. The predicted octanol–water partition coefficient (Wildman–Crippen LogP) is 3.39. The van der Waals surface area contributed by atoms with E-state index in [9.17, 15) is 9.18 Å². The molecule has 1 aliphatic rings. The van der Waals surface area contributed by atoms with Gasteiger partial charge in [-0.25, -0.2) is 4.39 Å². The fourth-order valence-corrected chi connectivity index (χ4v) is 3.76. The summed E-state index contributed by atoms with van der Waals surface area (Å²) in [6, 6.07) is 15.7. The molecule has 1 fully saturated rings. The summed E-state index contributed by atoms with van der Waals surface area (Å²) in [7, 11) is 0. The van der Waals surface area contributed by atoms with Crippen molar-refractivity contribution in [1.82, 2.24) is 14.8 Å². The number of hydrogen-bond acceptors (Lipinski definition) is 6. The van der Waals surface area contributed by atoms with Gasteiger partial charge in [-0.1, -0.05) is 42.1 Å². The van der Waals surface area contributed by atoms with E-state index in [4.69, 9.17) is 9.47 Å². The Labute approximate surface area is 159 Å². The highest BCUT2D eigenvalue weighted by molar-refractivity contribution is 8.00. The lowest BCUT2D eigenvalue weighted by atomic mass is 10.3. The Morgan fingerprint density at radius 1 is 1.15 bits per heavy atom. The topological polar surface area (TPSA) is 66.2 Å². The largest absolute Gasteiger partial charge is 0.483 e. The van der Waals surface area contributed by atoms with E-state index in [2.05, 4.69) is 10.2 Å². The molecular weight excluding hydrogens is 369 g/mol. The number of carbonyl (C=O) groups is 1. The molecule has 27 heavy (non-hydrogen) atoms. The van der Waals surface area contributed by atoms with Crippen LogP contribution in [-0.2, 0) is 16.1 Å². The van der Waals surface area contributed by atoms with Crippen LogP contribution in [-0.4, -0.2) is 32.6 Å². The summed E-state index contributed by atoms with van der Waals surface area (Å²) in [6.45, 7) is 0.456. The van der Waals surface area contributed by atoms with Gasteiger partial charge in [0.25, 0.3) is 0 Å². The molecule has 0 amide bonds. The number of esters is 1. The van der Waals surface area contributed by atoms with Crippen molar-refractivity contribution in [3.63, 3.8) is 0 Å². The summed E-state index contributed by atoms with van der Waals surface area (Å²) >= 11 is 1.31. The highest BCUT2D eigenvalue weighted by Crippen LogP contribution is 2.31. The van der Waals surface area contributed by atoms with Crippen LogP contribution < -0.4 is 4.74 Å². The van der Waals surface area contributed by atoms with E-state index in [1.54, 1.807) is 18.2 Å². The molecule has 1 aliphatic heterocycles. The average molecular weight is 385 g/mol. The van der Waals surface area contributed by atoms with Crippen LogP contribution in [0.3, 0.4) is 0 Å². The van der Waals surface area contributed by atoms with Crippen molar-refractivity contribution in [2.45, 2.75) is 23.4 Å². The number of halogens is 1. The second-order valence-corrected chi connectivity index (χ2v) is 7.02. The van der Waals surface area contributed by atoms with Crippen LogP contribution in [0.15, 0.2) is 59.8 Å². The summed E-state index contributed by atoms with van der Waals surface area (Å²) in [6.07, 6.45) is 0.631. The van der Waals surface area contributed by atoms with E-state index in [1.807, 2.05) is 34.9 Å². The second-order valence-electron chi connectivity index (χ2n) is 5.85. The molecule has 138 valence electrons. The van der Waals surface area contributed by atoms with Gasteiger partial charge in [-0.3, -0.25) is 9.36 Å². The van der Waals surface area contributed by atoms with E-state index in [-0.39, 0.29) is 23.6 Å². The van der Waals surface area contributed by atoms with Crippen molar-refractivity contribution in [1.29, 1.82) is 0 Å². The maximum atomic E-state index is 13.8. The van der Waals surface area contributed by atoms with Gasteiger partial charge in [-0.2, -0.15) is 0 Å². The van der Waals surface area contributed by atoms with E-state index in [1.165, 1.54) is 17.8 Å². The molecule has 0 spiro atoms. The van der Waals surface area contributed by atoms with Crippen molar-refractivity contribution in [2.75, 3.05) is 6.61 Å². The van der Waals surface area contributed by atoms with Gasteiger partial charge >= 0.3 is 5.97 Å². The first-order valence-electron chi connectivity index (χ1n) is 8.43. The number of ether oxygens (including phenoxy) is 2.